The third-order valence-corrected chi connectivity index (χ3v) is 5.43. The first-order chi connectivity index (χ1) is 13.0. The molecule has 1 fully saturated rings. The minimum atomic E-state index is -0.574. The van der Waals surface area contributed by atoms with Gasteiger partial charge in [-0.1, -0.05) is 11.6 Å². The lowest BCUT2D eigenvalue weighted by Gasteiger charge is -2.15. The number of benzene rings is 2. The van der Waals surface area contributed by atoms with Gasteiger partial charge < -0.3 is 10.1 Å². The van der Waals surface area contributed by atoms with Gasteiger partial charge in [-0.05, 0) is 48.5 Å². The van der Waals surface area contributed by atoms with E-state index in [1.807, 2.05) is 0 Å². The Balaban J connectivity index is 1.57. The summed E-state index contributed by atoms with van der Waals surface area (Å²) in [6, 6.07) is 13.4. The molecule has 27 heavy (non-hydrogen) atoms. The molecule has 6 nitrogen and oxygen atoms in total. The van der Waals surface area contributed by atoms with E-state index in [4.69, 9.17) is 16.3 Å². The Morgan fingerprint density at radius 3 is 2.48 bits per heavy atom. The summed E-state index contributed by atoms with van der Waals surface area (Å²) in [7, 11) is 1.54. The van der Waals surface area contributed by atoms with E-state index in [2.05, 4.69) is 5.32 Å². The van der Waals surface area contributed by atoms with Crippen molar-refractivity contribution in [2.75, 3.05) is 23.1 Å². The number of amides is 3. The van der Waals surface area contributed by atoms with Crippen molar-refractivity contribution >= 4 is 52.5 Å². The number of halogens is 1. The first-order valence-electron chi connectivity index (χ1n) is 8.16. The van der Waals surface area contributed by atoms with Crippen LogP contribution in [0.1, 0.15) is 6.42 Å². The van der Waals surface area contributed by atoms with Gasteiger partial charge in [0.1, 0.15) is 5.75 Å². The summed E-state index contributed by atoms with van der Waals surface area (Å²) in [5, 5.41) is 2.74. The van der Waals surface area contributed by atoms with E-state index in [0.29, 0.717) is 22.1 Å². The minimum Gasteiger partial charge on any atom is -0.497 e. The summed E-state index contributed by atoms with van der Waals surface area (Å²) >= 11 is 6.97. The van der Waals surface area contributed by atoms with E-state index in [1.165, 1.54) is 0 Å². The lowest BCUT2D eigenvalue weighted by Crippen LogP contribution is -2.31. The maximum atomic E-state index is 12.6. The first-order valence-corrected chi connectivity index (χ1v) is 9.58. The second kappa shape index (κ2) is 8.45. The SMILES string of the molecule is COc1ccc(N2C(=O)C[C@@H](SCC(=O)Nc3ccc(Cl)cc3)C2=O)cc1. The molecule has 8 heteroatoms. The fourth-order valence-electron chi connectivity index (χ4n) is 2.64. The lowest BCUT2D eigenvalue weighted by atomic mass is 10.3. The molecular formula is C19H17ClN2O4S. The van der Waals surface area contributed by atoms with Crippen molar-refractivity contribution in [1.29, 1.82) is 0 Å². The van der Waals surface area contributed by atoms with Gasteiger partial charge in [0.2, 0.25) is 17.7 Å². The summed E-state index contributed by atoms with van der Waals surface area (Å²) in [6.07, 6.45) is 0.0732. The second-order valence-corrected chi connectivity index (χ2v) is 7.45. The summed E-state index contributed by atoms with van der Waals surface area (Å²) in [4.78, 5) is 38.1. The fraction of sp³-hybridized carbons (Fsp3) is 0.211. The Morgan fingerprint density at radius 2 is 1.85 bits per heavy atom. The molecule has 0 spiro atoms. The molecular weight excluding hydrogens is 388 g/mol. The topological polar surface area (TPSA) is 75.7 Å². The first kappa shape index (κ1) is 19.3. The molecule has 3 amide bonds. The van der Waals surface area contributed by atoms with Crippen LogP contribution in [0.15, 0.2) is 48.5 Å². The number of methoxy groups -OCH3 is 1. The Morgan fingerprint density at radius 1 is 1.19 bits per heavy atom. The smallest absolute Gasteiger partial charge is 0.247 e. The zero-order chi connectivity index (χ0) is 19.4. The zero-order valence-electron chi connectivity index (χ0n) is 14.5. The molecule has 140 valence electrons. The molecule has 0 bridgehead atoms. The molecule has 0 saturated carbocycles. The number of carbonyl (C=O) groups excluding carboxylic acids is 3. The number of carbonyl (C=O) groups is 3. The Labute approximate surface area is 165 Å². The number of hydrogen-bond donors (Lipinski definition) is 1. The van der Waals surface area contributed by atoms with Gasteiger partial charge in [0.25, 0.3) is 0 Å². The largest absolute Gasteiger partial charge is 0.497 e. The average Bonchev–Trinajstić information content (AvgIpc) is 2.95. The lowest BCUT2D eigenvalue weighted by molar-refractivity contribution is -0.121. The van der Waals surface area contributed by atoms with Gasteiger partial charge in [0.05, 0.1) is 23.8 Å². The molecule has 0 unspecified atom stereocenters. The quantitative estimate of drug-likeness (QED) is 0.747. The molecule has 3 rings (SSSR count). The number of thioether (sulfide) groups is 1. The van der Waals surface area contributed by atoms with Crippen LogP contribution in [0, 0.1) is 0 Å². The third kappa shape index (κ3) is 4.61. The van der Waals surface area contributed by atoms with Gasteiger partial charge in [-0.25, -0.2) is 4.90 Å². The van der Waals surface area contributed by atoms with Crippen LogP contribution >= 0.6 is 23.4 Å². The number of hydrogen-bond acceptors (Lipinski definition) is 5. The van der Waals surface area contributed by atoms with Crippen molar-refractivity contribution in [2.45, 2.75) is 11.7 Å². The van der Waals surface area contributed by atoms with Crippen molar-refractivity contribution in [3.8, 4) is 5.75 Å². The van der Waals surface area contributed by atoms with Crippen LogP contribution in [0.5, 0.6) is 5.75 Å². The van der Waals surface area contributed by atoms with Gasteiger partial charge in [-0.3, -0.25) is 14.4 Å². The predicted molar refractivity (Wildman–Crippen MR) is 106 cm³/mol. The van der Waals surface area contributed by atoms with E-state index >= 15 is 0 Å². The molecule has 0 radical (unpaired) electrons. The van der Waals surface area contributed by atoms with Gasteiger partial charge in [0.15, 0.2) is 0 Å². The van der Waals surface area contributed by atoms with Crippen LogP contribution in [-0.2, 0) is 14.4 Å². The van der Waals surface area contributed by atoms with Crippen LogP contribution in [0.4, 0.5) is 11.4 Å². The van der Waals surface area contributed by atoms with Crippen molar-refractivity contribution in [3.05, 3.63) is 53.6 Å². The number of nitrogens with zero attached hydrogens (tertiary/aromatic N) is 1. The van der Waals surface area contributed by atoms with Crippen molar-refractivity contribution in [3.63, 3.8) is 0 Å². The maximum absolute atomic E-state index is 12.6. The number of imide groups is 1. The average molecular weight is 405 g/mol. The highest BCUT2D eigenvalue weighted by Crippen LogP contribution is 2.30. The normalized spacial score (nSPS) is 16.5. The molecule has 1 saturated heterocycles. The van der Waals surface area contributed by atoms with Crippen LogP contribution in [0.25, 0.3) is 0 Å². The Bertz CT molecular complexity index is 855. The zero-order valence-corrected chi connectivity index (χ0v) is 16.0. The van der Waals surface area contributed by atoms with Gasteiger partial charge >= 0.3 is 0 Å². The highest BCUT2D eigenvalue weighted by molar-refractivity contribution is 8.01. The molecule has 1 atom stereocenters. The number of nitrogens with one attached hydrogen (secondary N) is 1. The maximum Gasteiger partial charge on any atom is 0.247 e. The summed E-state index contributed by atoms with van der Waals surface area (Å²) in [5.41, 5.74) is 1.12. The Kier molecular flexibility index (Phi) is 6.03. The minimum absolute atomic E-state index is 0.0722. The molecule has 1 heterocycles. The third-order valence-electron chi connectivity index (χ3n) is 3.98. The van der Waals surface area contributed by atoms with Crippen LogP contribution < -0.4 is 15.0 Å². The standard InChI is InChI=1S/C19H17ClN2O4S/c1-26-15-8-6-14(7-9-15)22-18(24)10-16(19(22)25)27-11-17(23)21-13-4-2-12(20)3-5-13/h2-9,16H,10-11H2,1H3,(H,21,23)/t16-/m1/s1. The van der Waals surface area contributed by atoms with E-state index in [-0.39, 0.29) is 29.9 Å². The highest BCUT2D eigenvalue weighted by Gasteiger charge is 2.40. The van der Waals surface area contributed by atoms with E-state index < -0.39 is 5.25 Å². The number of anilines is 2. The summed E-state index contributed by atoms with van der Waals surface area (Å²) in [5.74, 6) is -0.119. The molecule has 0 aliphatic carbocycles. The monoisotopic (exact) mass is 404 g/mol. The summed E-state index contributed by atoms with van der Waals surface area (Å²) < 4.78 is 5.08. The van der Waals surface area contributed by atoms with E-state index in [0.717, 1.165) is 16.7 Å². The molecule has 2 aromatic carbocycles. The van der Waals surface area contributed by atoms with Gasteiger partial charge in [-0.2, -0.15) is 0 Å². The second-order valence-electron chi connectivity index (χ2n) is 5.82. The van der Waals surface area contributed by atoms with Crippen LogP contribution in [-0.4, -0.2) is 35.8 Å². The predicted octanol–water partition coefficient (Wildman–Crippen LogP) is 3.35. The number of ether oxygens (including phenoxy) is 1. The molecule has 1 N–H and O–H groups in total. The van der Waals surface area contributed by atoms with Crippen molar-refractivity contribution in [2.24, 2.45) is 0 Å². The van der Waals surface area contributed by atoms with E-state index in [1.54, 1.807) is 55.6 Å². The Hall–Kier alpha value is -2.51. The van der Waals surface area contributed by atoms with E-state index in [9.17, 15) is 14.4 Å². The van der Waals surface area contributed by atoms with Crippen LogP contribution in [0.2, 0.25) is 5.02 Å². The highest BCUT2D eigenvalue weighted by atomic mass is 35.5. The fourth-order valence-corrected chi connectivity index (χ4v) is 3.70. The van der Waals surface area contributed by atoms with Gasteiger partial charge in [-0.15, -0.1) is 11.8 Å². The molecule has 1 aliphatic rings. The van der Waals surface area contributed by atoms with Crippen LogP contribution in [0.3, 0.4) is 0 Å². The molecule has 0 aromatic heterocycles. The van der Waals surface area contributed by atoms with Crippen molar-refractivity contribution in [1.82, 2.24) is 0 Å². The summed E-state index contributed by atoms with van der Waals surface area (Å²) in [6.45, 7) is 0. The number of rotatable bonds is 6. The molecule has 1 aliphatic heterocycles. The molecule has 2 aromatic rings. The van der Waals surface area contributed by atoms with Crippen molar-refractivity contribution < 1.29 is 19.1 Å². The van der Waals surface area contributed by atoms with Gasteiger partial charge in [0, 0.05) is 17.1 Å².